The molecule has 1 aromatic rings. The Morgan fingerprint density at radius 3 is 2.56 bits per heavy atom. The summed E-state index contributed by atoms with van der Waals surface area (Å²) in [6.45, 7) is 2.00. The summed E-state index contributed by atoms with van der Waals surface area (Å²) >= 11 is 0. The highest BCUT2D eigenvalue weighted by molar-refractivity contribution is 5.95. The molecule has 0 bridgehead atoms. The van der Waals surface area contributed by atoms with Crippen LogP contribution in [0.15, 0.2) is 22.8 Å². The molecule has 2 amide bonds. The number of carbonyl (C=O) groups excluding carboxylic acids is 2. The van der Waals surface area contributed by atoms with E-state index in [1.807, 2.05) is 0 Å². The third-order valence-corrected chi connectivity index (χ3v) is 4.86. The smallest absolute Gasteiger partial charge is 0.290 e. The minimum Gasteiger partial charge on any atom is -0.459 e. The zero-order chi connectivity index (χ0) is 17.8. The zero-order valence-electron chi connectivity index (χ0n) is 14.1. The molecule has 1 atom stereocenters. The van der Waals surface area contributed by atoms with Crippen LogP contribution in [0, 0.1) is 0 Å². The molecular formula is C17H23F2N3O3. The Bertz CT molecular complexity index is 586. The topological polar surface area (TPSA) is 57.0 Å². The quantitative estimate of drug-likeness (QED) is 0.825. The van der Waals surface area contributed by atoms with Crippen LogP contribution in [0.4, 0.5) is 8.78 Å². The molecule has 0 aromatic carbocycles. The van der Waals surface area contributed by atoms with Gasteiger partial charge in [0.15, 0.2) is 5.76 Å². The normalized spacial score (nSPS) is 22.4. The lowest BCUT2D eigenvalue weighted by Crippen LogP contribution is -2.57. The van der Waals surface area contributed by atoms with E-state index in [2.05, 4.69) is 0 Å². The van der Waals surface area contributed by atoms with Gasteiger partial charge in [-0.2, -0.15) is 0 Å². The Morgan fingerprint density at radius 2 is 1.92 bits per heavy atom. The van der Waals surface area contributed by atoms with Crippen molar-refractivity contribution in [3.05, 3.63) is 24.2 Å². The number of carbonyl (C=O) groups is 2. The van der Waals surface area contributed by atoms with Gasteiger partial charge in [-0.1, -0.05) is 0 Å². The fourth-order valence-electron chi connectivity index (χ4n) is 3.53. The van der Waals surface area contributed by atoms with E-state index in [1.54, 1.807) is 26.8 Å². The molecule has 25 heavy (non-hydrogen) atoms. The van der Waals surface area contributed by atoms with Gasteiger partial charge in [0.2, 0.25) is 5.91 Å². The standard InChI is InChI=1S/C17H23F2N3O3/c18-15(19)12-20-7-9-21(10-8-20)16(23)13-4-1-2-6-22(13)17(24)14-5-3-11-25-14/h3,5,11,13,15H,1-2,4,6-10,12H2. The van der Waals surface area contributed by atoms with Crippen molar-refractivity contribution in [2.75, 3.05) is 39.3 Å². The molecule has 3 rings (SSSR count). The second-order valence-corrected chi connectivity index (χ2v) is 6.50. The van der Waals surface area contributed by atoms with Crippen molar-refractivity contribution in [1.82, 2.24) is 14.7 Å². The van der Waals surface area contributed by atoms with Crippen molar-refractivity contribution in [2.45, 2.75) is 31.7 Å². The molecule has 8 heteroatoms. The first-order chi connectivity index (χ1) is 12.1. The molecule has 0 N–H and O–H groups in total. The van der Waals surface area contributed by atoms with Crippen molar-refractivity contribution in [3.8, 4) is 0 Å². The minimum atomic E-state index is -2.36. The number of piperidine rings is 1. The Hall–Kier alpha value is -1.96. The van der Waals surface area contributed by atoms with E-state index in [9.17, 15) is 18.4 Å². The van der Waals surface area contributed by atoms with Gasteiger partial charge in [-0.3, -0.25) is 14.5 Å². The number of hydrogen-bond donors (Lipinski definition) is 0. The summed E-state index contributed by atoms with van der Waals surface area (Å²) in [6.07, 6.45) is 1.46. The molecule has 0 aliphatic carbocycles. The molecule has 2 aliphatic rings. The lowest BCUT2D eigenvalue weighted by molar-refractivity contribution is -0.139. The maximum atomic E-state index is 12.9. The number of hydrogen-bond acceptors (Lipinski definition) is 4. The maximum Gasteiger partial charge on any atom is 0.290 e. The predicted octanol–water partition coefficient (Wildman–Crippen LogP) is 1.68. The minimum absolute atomic E-state index is 0.0868. The molecule has 2 saturated heterocycles. The van der Waals surface area contributed by atoms with Crippen LogP contribution in [0.2, 0.25) is 0 Å². The molecule has 1 unspecified atom stereocenters. The van der Waals surface area contributed by atoms with Crippen LogP contribution in [-0.2, 0) is 4.79 Å². The number of piperazine rings is 1. The van der Waals surface area contributed by atoms with Crippen LogP contribution in [0.25, 0.3) is 0 Å². The SMILES string of the molecule is O=C(C1CCCCN1C(=O)c1ccco1)N1CCN(CC(F)F)CC1. The number of halogens is 2. The molecule has 0 saturated carbocycles. The molecule has 0 radical (unpaired) electrons. The van der Waals surface area contributed by atoms with Crippen LogP contribution in [0.5, 0.6) is 0 Å². The monoisotopic (exact) mass is 355 g/mol. The van der Waals surface area contributed by atoms with Crippen molar-refractivity contribution < 1.29 is 22.8 Å². The average Bonchev–Trinajstić information content (AvgIpc) is 3.15. The lowest BCUT2D eigenvalue weighted by atomic mass is 10.00. The number of amides is 2. The van der Waals surface area contributed by atoms with E-state index >= 15 is 0 Å². The summed E-state index contributed by atoms with van der Waals surface area (Å²) in [7, 11) is 0. The van der Waals surface area contributed by atoms with E-state index in [0.717, 1.165) is 12.8 Å². The van der Waals surface area contributed by atoms with Crippen LogP contribution in [0.1, 0.15) is 29.8 Å². The number of rotatable bonds is 4. The average molecular weight is 355 g/mol. The first-order valence-electron chi connectivity index (χ1n) is 8.70. The van der Waals surface area contributed by atoms with Gasteiger partial charge < -0.3 is 14.2 Å². The van der Waals surface area contributed by atoms with Crippen LogP contribution < -0.4 is 0 Å². The summed E-state index contributed by atoms with van der Waals surface area (Å²) in [6, 6.07) is 2.76. The third-order valence-electron chi connectivity index (χ3n) is 4.86. The van der Waals surface area contributed by atoms with Crippen molar-refractivity contribution in [3.63, 3.8) is 0 Å². The largest absolute Gasteiger partial charge is 0.459 e. The van der Waals surface area contributed by atoms with E-state index in [0.29, 0.717) is 39.1 Å². The molecule has 1 aromatic heterocycles. The van der Waals surface area contributed by atoms with Crippen LogP contribution in [-0.4, -0.2) is 78.2 Å². The first kappa shape index (κ1) is 17.8. The Balaban J connectivity index is 1.62. The molecule has 0 spiro atoms. The summed E-state index contributed by atoms with van der Waals surface area (Å²) in [4.78, 5) is 30.5. The van der Waals surface area contributed by atoms with Gasteiger partial charge in [0.1, 0.15) is 6.04 Å². The number of furan rings is 1. The highest BCUT2D eigenvalue weighted by Gasteiger charge is 2.37. The zero-order valence-corrected chi connectivity index (χ0v) is 14.1. The van der Waals surface area contributed by atoms with Crippen LogP contribution >= 0.6 is 0 Å². The van der Waals surface area contributed by atoms with E-state index < -0.39 is 12.5 Å². The molecular weight excluding hydrogens is 332 g/mol. The van der Waals surface area contributed by atoms with Crippen molar-refractivity contribution in [1.29, 1.82) is 0 Å². The van der Waals surface area contributed by atoms with E-state index in [1.165, 1.54) is 6.26 Å². The first-order valence-corrected chi connectivity index (χ1v) is 8.70. The van der Waals surface area contributed by atoms with Crippen molar-refractivity contribution in [2.24, 2.45) is 0 Å². The Morgan fingerprint density at radius 1 is 1.16 bits per heavy atom. The predicted molar refractivity (Wildman–Crippen MR) is 86.4 cm³/mol. The number of alkyl halides is 2. The summed E-state index contributed by atoms with van der Waals surface area (Å²) < 4.78 is 30.1. The molecule has 3 heterocycles. The molecule has 138 valence electrons. The van der Waals surface area contributed by atoms with Gasteiger partial charge in [-0.05, 0) is 31.4 Å². The lowest BCUT2D eigenvalue weighted by Gasteiger charge is -2.40. The van der Waals surface area contributed by atoms with Gasteiger partial charge in [0.05, 0.1) is 12.8 Å². The number of nitrogens with zero attached hydrogens (tertiary/aromatic N) is 3. The van der Waals surface area contributed by atoms with Gasteiger partial charge in [0.25, 0.3) is 12.3 Å². The Labute approximate surface area is 145 Å². The van der Waals surface area contributed by atoms with Gasteiger partial charge in [-0.15, -0.1) is 0 Å². The highest BCUT2D eigenvalue weighted by atomic mass is 19.3. The van der Waals surface area contributed by atoms with Gasteiger partial charge in [0, 0.05) is 32.7 Å². The fraction of sp³-hybridized carbons (Fsp3) is 0.647. The molecule has 2 aliphatic heterocycles. The number of likely N-dealkylation sites (tertiary alicyclic amines) is 1. The fourth-order valence-corrected chi connectivity index (χ4v) is 3.53. The second-order valence-electron chi connectivity index (χ2n) is 6.50. The van der Waals surface area contributed by atoms with Crippen molar-refractivity contribution >= 4 is 11.8 Å². The summed E-state index contributed by atoms with van der Waals surface area (Å²) in [5, 5.41) is 0. The maximum absolute atomic E-state index is 12.9. The highest BCUT2D eigenvalue weighted by Crippen LogP contribution is 2.22. The molecule has 2 fully saturated rings. The van der Waals surface area contributed by atoms with E-state index in [4.69, 9.17) is 4.42 Å². The molecule has 6 nitrogen and oxygen atoms in total. The van der Waals surface area contributed by atoms with Gasteiger partial charge >= 0.3 is 0 Å². The summed E-state index contributed by atoms with van der Waals surface area (Å²) in [5.41, 5.74) is 0. The van der Waals surface area contributed by atoms with Gasteiger partial charge in [-0.25, -0.2) is 8.78 Å². The second kappa shape index (κ2) is 7.95. The third kappa shape index (κ3) is 4.18. The Kier molecular flexibility index (Phi) is 5.67. The van der Waals surface area contributed by atoms with E-state index in [-0.39, 0.29) is 24.1 Å². The summed E-state index contributed by atoms with van der Waals surface area (Å²) in [5.74, 6) is -0.114. The van der Waals surface area contributed by atoms with Crippen LogP contribution in [0.3, 0.4) is 0 Å².